The molecule has 1 N–H and O–H groups in total. The number of thioether (sulfide) groups is 1. The number of carbonyl (C=O) groups is 1. The average Bonchev–Trinajstić information content (AvgIpc) is 3.43. The van der Waals surface area contributed by atoms with Crippen LogP contribution in [-0.4, -0.2) is 68.2 Å². The SMILES string of the molecule is COc1ccc(-c2nnc(SCC(=O)N/N=C/c3ccc(OC)c(OC)c3OC)n2-c2ccccc2)cc1OC. The zero-order valence-corrected chi connectivity index (χ0v) is 23.5. The van der Waals surface area contributed by atoms with Crippen LogP contribution in [0.5, 0.6) is 28.7 Å². The van der Waals surface area contributed by atoms with E-state index >= 15 is 0 Å². The maximum atomic E-state index is 12.7. The van der Waals surface area contributed by atoms with Gasteiger partial charge in [-0.15, -0.1) is 10.2 Å². The van der Waals surface area contributed by atoms with Gasteiger partial charge in [0.2, 0.25) is 5.75 Å². The summed E-state index contributed by atoms with van der Waals surface area (Å²) in [5, 5.41) is 13.4. The first-order chi connectivity index (χ1) is 19.5. The maximum absolute atomic E-state index is 12.7. The van der Waals surface area contributed by atoms with Gasteiger partial charge in [-0.25, -0.2) is 5.43 Å². The number of rotatable bonds is 12. The summed E-state index contributed by atoms with van der Waals surface area (Å²) in [7, 11) is 7.73. The predicted octanol–water partition coefficient (Wildman–Crippen LogP) is 4.22. The van der Waals surface area contributed by atoms with Crippen molar-refractivity contribution in [2.45, 2.75) is 5.16 Å². The fraction of sp³-hybridized carbons (Fsp3) is 0.214. The van der Waals surface area contributed by atoms with Crippen LogP contribution >= 0.6 is 11.8 Å². The molecule has 0 saturated heterocycles. The van der Waals surface area contributed by atoms with Gasteiger partial charge in [0.15, 0.2) is 34.0 Å². The first-order valence-corrected chi connectivity index (χ1v) is 13.0. The van der Waals surface area contributed by atoms with Gasteiger partial charge in [-0.3, -0.25) is 9.36 Å². The molecule has 0 aliphatic heterocycles. The number of para-hydroxylation sites is 1. The van der Waals surface area contributed by atoms with Gasteiger partial charge in [-0.2, -0.15) is 5.10 Å². The van der Waals surface area contributed by atoms with Gasteiger partial charge < -0.3 is 23.7 Å². The van der Waals surface area contributed by atoms with E-state index in [4.69, 9.17) is 23.7 Å². The maximum Gasteiger partial charge on any atom is 0.250 e. The minimum atomic E-state index is -0.323. The summed E-state index contributed by atoms with van der Waals surface area (Å²) in [6.45, 7) is 0. The van der Waals surface area contributed by atoms with Crippen molar-refractivity contribution in [3.8, 4) is 45.8 Å². The largest absolute Gasteiger partial charge is 0.493 e. The normalized spacial score (nSPS) is 10.8. The van der Waals surface area contributed by atoms with Crippen molar-refractivity contribution in [1.82, 2.24) is 20.2 Å². The van der Waals surface area contributed by atoms with Crippen molar-refractivity contribution in [3.05, 3.63) is 66.2 Å². The molecule has 1 amide bonds. The Morgan fingerprint density at radius 3 is 2.23 bits per heavy atom. The third-order valence-electron chi connectivity index (χ3n) is 5.75. The number of benzene rings is 3. The molecule has 11 nitrogen and oxygen atoms in total. The number of nitrogens with one attached hydrogen (secondary N) is 1. The number of nitrogens with zero attached hydrogens (tertiary/aromatic N) is 4. The molecule has 0 aliphatic rings. The lowest BCUT2D eigenvalue weighted by molar-refractivity contribution is -0.118. The van der Waals surface area contributed by atoms with Crippen molar-refractivity contribution >= 4 is 23.9 Å². The molecule has 0 bridgehead atoms. The fourth-order valence-electron chi connectivity index (χ4n) is 3.90. The van der Waals surface area contributed by atoms with Crippen molar-refractivity contribution in [3.63, 3.8) is 0 Å². The highest BCUT2D eigenvalue weighted by Crippen LogP contribution is 2.39. The summed E-state index contributed by atoms with van der Waals surface area (Å²) < 4.78 is 28.8. The molecule has 4 aromatic rings. The minimum absolute atomic E-state index is 0.0529. The van der Waals surface area contributed by atoms with Crippen molar-refractivity contribution < 1.29 is 28.5 Å². The number of amides is 1. The molecule has 0 radical (unpaired) electrons. The molecule has 0 unspecified atom stereocenters. The number of hydrazone groups is 1. The van der Waals surface area contributed by atoms with Crippen LogP contribution in [0.15, 0.2) is 70.9 Å². The molecule has 3 aromatic carbocycles. The van der Waals surface area contributed by atoms with E-state index in [2.05, 4.69) is 20.7 Å². The summed E-state index contributed by atoms with van der Waals surface area (Å²) in [5.41, 5.74) is 4.77. The van der Waals surface area contributed by atoms with Gasteiger partial charge in [0, 0.05) is 16.8 Å². The Morgan fingerprint density at radius 1 is 0.850 bits per heavy atom. The van der Waals surface area contributed by atoms with Gasteiger partial charge in [-0.05, 0) is 42.5 Å². The smallest absolute Gasteiger partial charge is 0.250 e. The molecule has 4 rings (SSSR count). The van der Waals surface area contributed by atoms with Crippen LogP contribution < -0.4 is 29.1 Å². The molecule has 0 spiro atoms. The Balaban J connectivity index is 1.52. The monoisotopic (exact) mass is 563 g/mol. The summed E-state index contributed by atoms with van der Waals surface area (Å²) in [6, 6.07) is 18.7. The van der Waals surface area contributed by atoms with Gasteiger partial charge in [0.25, 0.3) is 5.91 Å². The molecule has 40 heavy (non-hydrogen) atoms. The second-order valence-corrected chi connectivity index (χ2v) is 8.99. The van der Waals surface area contributed by atoms with E-state index < -0.39 is 0 Å². The number of hydrogen-bond donors (Lipinski definition) is 1. The molecule has 208 valence electrons. The summed E-state index contributed by atoms with van der Waals surface area (Å²) >= 11 is 1.23. The number of hydrogen-bond acceptors (Lipinski definition) is 10. The van der Waals surface area contributed by atoms with E-state index in [0.29, 0.717) is 45.3 Å². The lowest BCUT2D eigenvalue weighted by atomic mass is 10.2. The van der Waals surface area contributed by atoms with Crippen LogP contribution in [0, 0.1) is 0 Å². The van der Waals surface area contributed by atoms with E-state index in [1.54, 1.807) is 33.5 Å². The molecule has 0 atom stereocenters. The quantitative estimate of drug-likeness (QED) is 0.154. The predicted molar refractivity (Wildman–Crippen MR) is 152 cm³/mol. The topological polar surface area (TPSA) is 118 Å². The van der Waals surface area contributed by atoms with Crippen molar-refractivity contribution in [2.24, 2.45) is 5.10 Å². The van der Waals surface area contributed by atoms with Gasteiger partial charge in [0.05, 0.1) is 47.5 Å². The Labute approximate surface area is 236 Å². The van der Waals surface area contributed by atoms with E-state index in [9.17, 15) is 4.79 Å². The molecule has 0 aliphatic carbocycles. The van der Waals surface area contributed by atoms with E-state index in [-0.39, 0.29) is 11.7 Å². The summed E-state index contributed by atoms with van der Waals surface area (Å²) in [6.07, 6.45) is 1.48. The van der Waals surface area contributed by atoms with Crippen LogP contribution in [0.2, 0.25) is 0 Å². The van der Waals surface area contributed by atoms with Crippen molar-refractivity contribution in [2.75, 3.05) is 41.3 Å². The van der Waals surface area contributed by atoms with Crippen LogP contribution in [0.4, 0.5) is 0 Å². The van der Waals surface area contributed by atoms with E-state index in [0.717, 1.165) is 11.3 Å². The second-order valence-electron chi connectivity index (χ2n) is 8.05. The highest BCUT2D eigenvalue weighted by molar-refractivity contribution is 7.99. The first-order valence-electron chi connectivity index (χ1n) is 12.0. The first kappa shape index (κ1) is 28.3. The Bertz CT molecular complexity index is 1490. The van der Waals surface area contributed by atoms with Gasteiger partial charge in [-0.1, -0.05) is 30.0 Å². The lowest BCUT2D eigenvalue weighted by Crippen LogP contribution is -2.20. The highest BCUT2D eigenvalue weighted by atomic mass is 32.2. The number of carbonyl (C=O) groups excluding carboxylic acids is 1. The van der Waals surface area contributed by atoms with Crippen LogP contribution in [0.25, 0.3) is 17.1 Å². The van der Waals surface area contributed by atoms with E-state index in [1.165, 1.54) is 32.2 Å². The molecule has 12 heteroatoms. The Morgan fingerprint density at radius 2 is 1.55 bits per heavy atom. The minimum Gasteiger partial charge on any atom is -0.493 e. The zero-order valence-electron chi connectivity index (χ0n) is 22.7. The highest BCUT2D eigenvalue weighted by Gasteiger charge is 2.19. The number of aromatic nitrogens is 3. The molecule has 1 aromatic heterocycles. The van der Waals surface area contributed by atoms with Crippen LogP contribution in [-0.2, 0) is 4.79 Å². The van der Waals surface area contributed by atoms with Crippen LogP contribution in [0.1, 0.15) is 5.56 Å². The standard InChI is InChI=1S/C28H29N5O6S/c1-35-21-13-11-18(15-23(21)37-3)27-31-32-28(33(27)20-9-7-6-8-10-20)40-17-24(34)30-29-16-19-12-14-22(36-2)26(39-5)25(19)38-4/h6-16H,17H2,1-5H3,(H,30,34)/b29-16+. The third kappa shape index (κ3) is 6.12. The molecule has 0 saturated carbocycles. The lowest BCUT2D eigenvalue weighted by Gasteiger charge is -2.13. The fourth-order valence-corrected chi connectivity index (χ4v) is 4.64. The molecular formula is C28H29N5O6S. The molecule has 0 fully saturated rings. The Kier molecular flexibility index (Phi) is 9.47. The second kappa shape index (κ2) is 13.4. The number of methoxy groups -OCH3 is 5. The number of ether oxygens (including phenoxy) is 5. The average molecular weight is 564 g/mol. The third-order valence-corrected chi connectivity index (χ3v) is 6.68. The zero-order chi connectivity index (χ0) is 28.5. The summed E-state index contributed by atoms with van der Waals surface area (Å²) in [4.78, 5) is 12.7. The summed E-state index contributed by atoms with van der Waals surface area (Å²) in [5.74, 6) is 2.89. The Hall–Kier alpha value is -4.71. The molecular weight excluding hydrogens is 534 g/mol. The van der Waals surface area contributed by atoms with E-state index in [1.807, 2.05) is 53.1 Å². The van der Waals surface area contributed by atoms with Gasteiger partial charge >= 0.3 is 0 Å². The molecule has 1 heterocycles. The van der Waals surface area contributed by atoms with Gasteiger partial charge in [0.1, 0.15) is 0 Å². The van der Waals surface area contributed by atoms with Crippen molar-refractivity contribution in [1.29, 1.82) is 0 Å². The van der Waals surface area contributed by atoms with Crippen LogP contribution in [0.3, 0.4) is 0 Å².